The van der Waals surface area contributed by atoms with Crippen molar-refractivity contribution in [1.29, 1.82) is 0 Å². The number of likely N-dealkylation sites (tertiary alicyclic amines) is 1. The number of methoxy groups -OCH3 is 2. The molecule has 1 aromatic heterocycles. The van der Waals surface area contributed by atoms with Crippen LogP contribution < -0.4 is 14.8 Å². The van der Waals surface area contributed by atoms with Crippen molar-refractivity contribution in [2.75, 3.05) is 32.6 Å². The van der Waals surface area contributed by atoms with Crippen LogP contribution in [0.4, 0.5) is 5.69 Å². The fourth-order valence-electron chi connectivity index (χ4n) is 3.58. The third-order valence-corrected chi connectivity index (χ3v) is 4.96. The fraction of sp³-hybridized carbons (Fsp3) is 0.350. The van der Waals surface area contributed by atoms with E-state index in [0.717, 1.165) is 24.4 Å². The van der Waals surface area contributed by atoms with Crippen LogP contribution in [0.15, 0.2) is 47.9 Å². The molecular weight excluding hydrogens is 360 g/mol. The van der Waals surface area contributed by atoms with Gasteiger partial charge < -0.3 is 19.6 Å². The summed E-state index contributed by atoms with van der Waals surface area (Å²) < 4.78 is 10.4. The summed E-state index contributed by atoms with van der Waals surface area (Å²) in [4.78, 5) is 24.5. The summed E-state index contributed by atoms with van der Waals surface area (Å²) in [7, 11) is 3.21. The van der Waals surface area contributed by atoms with Gasteiger partial charge >= 0.3 is 0 Å². The van der Waals surface area contributed by atoms with E-state index < -0.39 is 0 Å². The predicted molar refractivity (Wildman–Crippen MR) is 103 cm³/mol. The molecule has 1 fully saturated rings. The van der Waals surface area contributed by atoms with E-state index in [9.17, 15) is 4.79 Å². The Hall–Kier alpha value is -3.13. The number of hydrogen-bond acceptors (Lipinski definition) is 7. The molecule has 3 heterocycles. The minimum Gasteiger partial charge on any atom is -0.497 e. The highest BCUT2D eigenvalue weighted by Crippen LogP contribution is 2.29. The van der Waals surface area contributed by atoms with Crippen molar-refractivity contribution in [2.45, 2.75) is 12.6 Å². The van der Waals surface area contributed by atoms with E-state index >= 15 is 0 Å². The Kier molecular flexibility index (Phi) is 5.12. The largest absolute Gasteiger partial charge is 0.497 e. The SMILES string of the molecule is COc1cccc(CN2C[C@@H]3C(C(=O)Nc4cncc(OC)c4)=NO[C@@H]3C2)c1. The molecule has 0 spiro atoms. The summed E-state index contributed by atoms with van der Waals surface area (Å²) >= 11 is 0. The van der Waals surface area contributed by atoms with Gasteiger partial charge in [-0.3, -0.25) is 14.7 Å². The predicted octanol–water partition coefficient (Wildman–Crippen LogP) is 1.92. The zero-order valence-corrected chi connectivity index (χ0v) is 15.8. The smallest absolute Gasteiger partial charge is 0.273 e. The third-order valence-electron chi connectivity index (χ3n) is 4.96. The number of anilines is 1. The lowest BCUT2D eigenvalue weighted by atomic mass is 10.0. The van der Waals surface area contributed by atoms with Crippen LogP contribution in [-0.4, -0.2) is 54.9 Å². The van der Waals surface area contributed by atoms with Crippen LogP contribution >= 0.6 is 0 Å². The maximum atomic E-state index is 12.7. The fourth-order valence-corrected chi connectivity index (χ4v) is 3.58. The van der Waals surface area contributed by atoms with Crippen molar-refractivity contribution in [3.63, 3.8) is 0 Å². The maximum Gasteiger partial charge on any atom is 0.273 e. The molecular formula is C20H22N4O4. The van der Waals surface area contributed by atoms with E-state index in [1.165, 1.54) is 0 Å². The second kappa shape index (κ2) is 7.85. The molecule has 1 aromatic carbocycles. The highest BCUT2D eigenvalue weighted by molar-refractivity contribution is 6.44. The van der Waals surface area contributed by atoms with Crippen molar-refractivity contribution in [2.24, 2.45) is 11.1 Å². The molecule has 0 bridgehead atoms. The highest BCUT2D eigenvalue weighted by atomic mass is 16.6. The lowest BCUT2D eigenvalue weighted by Gasteiger charge is -2.16. The summed E-state index contributed by atoms with van der Waals surface area (Å²) in [6.45, 7) is 2.20. The standard InChI is InChI=1S/C20H22N4O4/c1-26-15-5-3-4-13(6-15)10-24-11-17-18(12-24)28-23-19(17)20(25)22-14-7-16(27-2)9-21-8-14/h3-9,17-18H,10-12H2,1-2H3,(H,22,25)/t17-,18+/m0/s1. The zero-order valence-electron chi connectivity index (χ0n) is 15.8. The van der Waals surface area contributed by atoms with Crippen molar-refractivity contribution >= 4 is 17.3 Å². The number of carbonyl (C=O) groups excluding carboxylic acids is 1. The monoisotopic (exact) mass is 382 g/mol. The highest BCUT2D eigenvalue weighted by Gasteiger charge is 2.44. The van der Waals surface area contributed by atoms with E-state index in [2.05, 4.69) is 26.4 Å². The average Bonchev–Trinajstić information content (AvgIpc) is 3.28. The summed E-state index contributed by atoms with van der Waals surface area (Å²) in [5, 5.41) is 6.86. The van der Waals surface area contributed by atoms with Crippen LogP contribution in [0.3, 0.4) is 0 Å². The molecule has 0 saturated carbocycles. The van der Waals surface area contributed by atoms with Gasteiger partial charge in [-0.05, 0) is 17.7 Å². The van der Waals surface area contributed by atoms with Gasteiger partial charge in [-0.25, -0.2) is 0 Å². The average molecular weight is 382 g/mol. The van der Waals surface area contributed by atoms with Gasteiger partial charge in [-0.2, -0.15) is 0 Å². The van der Waals surface area contributed by atoms with Crippen LogP contribution in [0.2, 0.25) is 0 Å². The van der Waals surface area contributed by atoms with Crippen LogP contribution in [0, 0.1) is 5.92 Å². The second-order valence-electron chi connectivity index (χ2n) is 6.84. The van der Waals surface area contributed by atoms with Gasteiger partial charge in [-0.1, -0.05) is 17.3 Å². The molecule has 2 aromatic rings. The Balaban J connectivity index is 1.39. The number of carbonyl (C=O) groups is 1. The number of rotatable bonds is 6. The molecule has 8 nitrogen and oxygen atoms in total. The van der Waals surface area contributed by atoms with Crippen LogP contribution in [0.25, 0.3) is 0 Å². The van der Waals surface area contributed by atoms with Gasteiger partial charge in [0.05, 0.1) is 38.2 Å². The normalized spacial score (nSPS) is 20.9. The van der Waals surface area contributed by atoms with E-state index in [0.29, 0.717) is 23.7 Å². The van der Waals surface area contributed by atoms with Crippen molar-refractivity contribution in [3.8, 4) is 11.5 Å². The molecule has 1 N–H and O–H groups in total. The summed E-state index contributed by atoms with van der Waals surface area (Å²) in [6.07, 6.45) is 3.04. The topological polar surface area (TPSA) is 85.3 Å². The quantitative estimate of drug-likeness (QED) is 0.822. The van der Waals surface area contributed by atoms with Crippen LogP contribution in [0.5, 0.6) is 11.5 Å². The van der Waals surface area contributed by atoms with Gasteiger partial charge in [0.25, 0.3) is 5.91 Å². The van der Waals surface area contributed by atoms with Crippen molar-refractivity contribution in [3.05, 3.63) is 48.3 Å². The summed E-state index contributed by atoms with van der Waals surface area (Å²) in [6, 6.07) is 9.70. The molecule has 0 radical (unpaired) electrons. The van der Waals surface area contributed by atoms with Gasteiger partial charge in [0.1, 0.15) is 17.6 Å². The van der Waals surface area contributed by atoms with E-state index in [4.69, 9.17) is 14.3 Å². The number of ether oxygens (including phenoxy) is 2. The number of pyridine rings is 1. The third kappa shape index (κ3) is 3.77. The van der Waals surface area contributed by atoms with E-state index in [1.807, 2.05) is 18.2 Å². The molecule has 8 heteroatoms. The number of oxime groups is 1. The number of aromatic nitrogens is 1. The molecule has 146 valence electrons. The number of hydrogen-bond donors (Lipinski definition) is 1. The first-order valence-electron chi connectivity index (χ1n) is 9.05. The molecule has 2 atom stereocenters. The first-order valence-corrected chi connectivity index (χ1v) is 9.05. The molecule has 4 rings (SSSR count). The first kappa shape index (κ1) is 18.2. The number of benzene rings is 1. The number of nitrogens with one attached hydrogen (secondary N) is 1. The van der Waals surface area contributed by atoms with Gasteiger partial charge in [0, 0.05) is 25.7 Å². The summed E-state index contributed by atoms with van der Waals surface area (Å²) in [5.41, 5.74) is 2.13. The van der Waals surface area contributed by atoms with Gasteiger partial charge in [0.2, 0.25) is 0 Å². The zero-order chi connectivity index (χ0) is 19.5. The maximum absolute atomic E-state index is 12.7. The Morgan fingerprint density at radius 3 is 2.89 bits per heavy atom. The lowest BCUT2D eigenvalue weighted by Crippen LogP contribution is -2.32. The van der Waals surface area contributed by atoms with Crippen molar-refractivity contribution < 1.29 is 19.1 Å². The first-order chi connectivity index (χ1) is 13.7. The Morgan fingerprint density at radius 1 is 1.21 bits per heavy atom. The molecule has 1 saturated heterocycles. The number of fused-ring (bicyclic) bond motifs is 1. The van der Waals surface area contributed by atoms with Gasteiger partial charge in [-0.15, -0.1) is 0 Å². The molecule has 0 unspecified atom stereocenters. The Bertz CT molecular complexity index is 901. The van der Waals surface area contributed by atoms with Crippen LogP contribution in [0.1, 0.15) is 5.56 Å². The molecule has 2 aliphatic rings. The minimum atomic E-state index is -0.272. The van der Waals surface area contributed by atoms with E-state index in [-0.39, 0.29) is 17.9 Å². The Morgan fingerprint density at radius 2 is 2.07 bits per heavy atom. The molecule has 28 heavy (non-hydrogen) atoms. The number of nitrogens with zero attached hydrogens (tertiary/aromatic N) is 3. The van der Waals surface area contributed by atoms with Gasteiger partial charge in [0.15, 0.2) is 5.71 Å². The Labute approximate surface area is 163 Å². The second-order valence-corrected chi connectivity index (χ2v) is 6.84. The minimum absolute atomic E-state index is 0.0517. The number of amides is 1. The van der Waals surface area contributed by atoms with E-state index in [1.54, 1.807) is 32.7 Å². The van der Waals surface area contributed by atoms with Crippen LogP contribution in [-0.2, 0) is 16.2 Å². The molecule has 2 aliphatic heterocycles. The molecule has 0 aliphatic carbocycles. The lowest BCUT2D eigenvalue weighted by molar-refractivity contribution is -0.110. The molecule has 1 amide bonds. The van der Waals surface area contributed by atoms with Crippen molar-refractivity contribution in [1.82, 2.24) is 9.88 Å². The summed E-state index contributed by atoms with van der Waals surface area (Å²) in [5.74, 6) is 1.09.